The van der Waals surface area contributed by atoms with Crippen LogP contribution in [0.1, 0.15) is 57.3 Å². The molecule has 0 bridgehead atoms. The van der Waals surface area contributed by atoms with Gasteiger partial charge in [-0.2, -0.15) is 13.2 Å². The Morgan fingerprint density at radius 2 is 2.21 bits per heavy atom. The molecule has 0 radical (unpaired) electrons. The van der Waals surface area contributed by atoms with Crippen LogP contribution < -0.4 is 5.32 Å². The molecule has 0 aromatic carbocycles. The van der Waals surface area contributed by atoms with E-state index in [0.717, 1.165) is 25.0 Å². The van der Waals surface area contributed by atoms with Crippen molar-refractivity contribution in [1.29, 1.82) is 0 Å². The van der Waals surface area contributed by atoms with Crippen LogP contribution in [0.15, 0.2) is 12.5 Å². The summed E-state index contributed by atoms with van der Waals surface area (Å²) in [5, 5.41) is 3.43. The van der Waals surface area contributed by atoms with Crippen LogP contribution >= 0.6 is 0 Å². The van der Waals surface area contributed by atoms with Crippen LogP contribution in [0.4, 0.5) is 13.2 Å². The van der Waals surface area contributed by atoms with E-state index in [-0.39, 0.29) is 6.04 Å². The summed E-state index contributed by atoms with van der Waals surface area (Å²) in [5.74, 6) is 0. The lowest BCUT2D eigenvalue weighted by atomic mass is 9.97. The van der Waals surface area contributed by atoms with Crippen LogP contribution in [0.2, 0.25) is 0 Å². The Labute approximate surface area is 111 Å². The third-order valence-electron chi connectivity index (χ3n) is 3.67. The molecule has 1 aromatic heterocycles. The monoisotopic (exact) mass is 275 g/mol. The smallest absolute Gasteiger partial charge is 0.330 e. The van der Waals surface area contributed by atoms with Crippen molar-refractivity contribution < 1.29 is 13.2 Å². The largest absolute Gasteiger partial charge is 0.391 e. The molecule has 1 N–H and O–H groups in total. The van der Waals surface area contributed by atoms with Crippen molar-refractivity contribution in [2.45, 2.75) is 63.8 Å². The Kier molecular flexibility index (Phi) is 4.18. The van der Waals surface area contributed by atoms with E-state index in [1.54, 1.807) is 17.7 Å². The molecule has 1 aliphatic rings. The van der Waals surface area contributed by atoms with E-state index in [1.807, 2.05) is 0 Å². The molecule has 2 rings (SSSR count). The molecular weight excluding hydrogens is 255 g/mol. The third-order valence-corrected chi connectivity index (χ3v) is 3.67. The highest BCUT2D eigenvalue weighted by Crippen LogP contribution is 2.31. The Morgan fingerprint density at radius 1 is 1.47 bits per heavy atom. The lowest BCUT2D eigenvalue weighted by molar-refractivity contribution is -0.141. The standard InChI is InChI=1S/C13H20F3N3/c1-9-4-3-5-11(18-9)12-7-17-8-19(12)10(2)6-13(14,15)16/h7-11,18H,3-6H2,1-2H3. The van der Waals surface area contributed by atoms with Gasteiger partial charge in [0.2, 0.25) is 0 Å². The summed E-state index contributed by atoms with van der Waals surface area (Å²) in [7, 11) is 0. The highest BCUT2D eigenvalue weighted by atomic mass is 19.4. The minimum atomic E-state index is -4.14. The summed E-state index contributed by atoms with van der Waals surface area (Å²) in [5.41, 5.74) is 0.864. The van der Waals surface area contributed by atoms with Gasteiger partial charge in [0.05, 0.1) is 18.4 Å². The molecule has 6 heteroatoms. The third kappa shape index (κ3) is 3.72. The first-order valence-electron chi connectivity index (χ1n) is 6.71. The first-order valence-corrected chi connectivity index (χ1v) is 6.71. The minimum Gasteiger partial charge on any atom is -0.330 e. The summed E-state index contributed by atoms with van der Waals surface area (Å²) in [6.45, 7) is 3.69. The fourth-order valence-corrected chi connectivity index (χ4v) is 2.76. The number of piperidine rings is 1. The van der Waals surface area contributed by atoms with Gasteiger partial charge < -0.3 is 9.88 Å². The summed E-state index contributed by atoms with van der Waals surface area (Å²) >= 11 is 0. The van der Waals surface area contributed by atoms with Gasteiger partial charge in [0.1, 0.15) is 0 Å². The van der Waals surface area contributed by atoms with E-state index in [2.05, 4.69) is 17.2 Å². The zero-order valence-electron chi connectivity index (χ0n) is 11.2. The molecule has 0 aliphatic carbocycles. The van der Waals surface area contributed by atoms with Gasteiger partial charge in [-0.05, 0) is 33.1 Å². The number of aromatic nitrogens is 2. The normalized spacial score (nSPS) is 26.4. The van der Waals surface area contributed by atoms with Gasteiger partial charge in [-0.1, -0.05) is 0 Å². The van der Waals surface area contributed by atoms with Gasteiger partial charge in [-0.15, -0.1) is 0 Å². The molecule has 1 aromatic rings. The predicted octanol–water partition coefficient (Wildman–Crippen LogP) is 3.60. The molecule has 0 amide bonds. The lowest BCUT2D eigenvalue weighted by Crippen LogP contribution is -2.36. The van der Waals surface area contributed by atoms with E-state index < -0.39 is 18.6 Å². The van der Waals surface area contributed by atoms with E-state index in [1.165, 1.54) is 6.33 Å². The number of nitrogens with one attached hydrogen (secondary N) is 1. The fraction of sp³-hybridized carbons (Fsp3) is 0.769. The molecule has 3 atom stereocenters. The van der Waals surface area contributed by atoms with Crippen molar-refractivity contribution in [2.75, 3.05) is 0 Å². The zero-order chi connectivity index (χ0) is 14.0. The van der Waals surface area contributed by atoms with Gasteiger partial charge in [0, 0.05) is 24.3 Å². The van der Waals surface area contributed by atoms with E-state index in [0.29, 0.717) is 6.04 Å². The molecule has 1 fully saturated rings. The van der Waals surface area contributed by atoms with Gasteiger partial charge in [0.15, 0.2) is 0 Å². The highest BCUT2D eigenvalue weighted by molar-refractivity contribution is 5.08. The number of hydrogen-bond donors (Lipinski definition) is 1. The number of imidazole rings is 1. The van der Waals surface area contributed by atoms with Crippen molar-refractivity contribution in [1.82, 2.24) is 14.9 Å². The first kappa shape index (κ1) is 14.4. The summed E-state index contributed by atoms with van der Waals surface area (Å²) in [4.78, 5) is 4.03. The highest BCUT2D eigenvalue weighted by Gasteiger charge is 2.32. The maximum absolute atomic E-state index is 12.5. The topological polar surface area (TPSA) is 29.9 Å². The maximum atomic E-state index is 12.5. The zero-order valence-corrected chi connectivity index (χ0v) is 11.2. The first-order chi connectivity index (χ1) is 8.87. The number of hydrogen-bond acceptors (Lipinski definition) is 2. The fourth-order valence-electron chi connectivity index (χ4n) is 2.76. The van der Waals surface area contributed by atoms with E-state index in [9.17, 15) is 13.2 Å². The molecule has 19 heavy (non-hydrogen) atoms. The van der Waals surface area contributed by atoms with Crippen molar-refractivity contribution in [3.8, 4) is 0 Å². The summed E-state index contributed by atoms with van der Waals surface area (Å²) in [6, 6.07) is -0.0986. The van der Waals surface area contributed by atoms with Crippen LogP contribution in [-0.4, -0.2) is 21.8 Å². The number of halogens is 3. The van der Waals surface area contributed by atoms with Gasteiger partial charge in [0.25, 0.3) is 0 Å². The molecule has 0 spiro atoms. The Balaban J connectivity index is 2.12. The van der Waals surface area contributed by atoms with Crippen LogP contribution in [0.3, 0.4) is 0 Å². The lowest BCUT2D eigenvalue weighted by Gasteiger charge is -2.30. The van der Waals surface area contributed by atoms with Crippen LogP contribution in [0.25, 0.3) is 0 Å². The maximum Gasteiger partial charge on any atom is 0.391 e. The summed E-state index contributed by atoms with van der Waals surface area (Å²) in [6.07, 6.45) is 1.39. The van der Waals surface area contributed by atoms with E-state index >= 15 is 0 Å². The molecule has 3 unspecified atom stereocenters. The molecule has 1 aliphatic heterocycles. The second kappa shape index (κ2) is 5.53. The minimum absolute atomic E-state index is 0.113. The average Bonchev–Trinajstić information content (AvgIpc) is 2.75. The molecule has 3 nitrogen and oxygen atoms in total. The van der Waals surface area contributed by atoms with Crippen LogP contribution in [0, 0.1) is 0 Å². The van der Waals surface area contributed by atoms with Gasteiger partial charge in [-0.3, -0.25) is 0 Å². The average molecular weight is 275 g/mol. The molecule has 2 heterocycles. The Bertz CT molecular complexity index is 414. The van der Waals surface area contributed by atoms with Crippen molar-refractivity contribution in [3.63, 3.8) is 0 Å². The predicted molar refractivity (Wildman–Crippen MR) is 66.8 cm³/mol. The quantitative estimate of drug-likeness (QED) is 0.913. The van der Waals surface area contributed by atoms with Gasteiger partial charge in [-0.25, -0.2) is 4.98 Å². The number of rotatable bonds is 3. The van der Waals surface area contributed by atoms with Crippen LogP contribution in [0.5, 0.6) is 0 Å². The van der Waals surface area contributed by atoms with Crippen LogP contribution in [-0.2, 0) is 0 Å². The van der Waals surface area contributed by atoms with Crippen molar-refractivity contribution in [2.24, 2.45) is 0 Å². The Hall–Kier alpha value is -1.04. The van der Waals surface area contributed by atoms with Gasteiger partial charge >= 0.3 is 6.18 Å². The molecule has 0 saturated carbocycles. The summed E-state index contributed by atoms with van der Waals surface area (Å²) < 4.78 is 39.1. The van der Waals surface area contributed by atoms with Crippen molar-refractivity contribution in [3.05, 3.63) is 18.2 Å². The Morgan fingerprint density at radius 3 is 2.84 bits per heavy atom. The molecule has 1 saturated heterocycles. The molecule has 108 valence electrons. The molecular formula is C13H20F3N3. The SMILES string of the molecule is CC1CCCC(c2cncn2C(C)CC(F)(F)F)N1. The van der Waals surface area contributed by atoms with E-state index in [4.69, 9.17) is 0 Å². The number of nitrogens with zero attached hydrogens (tertiary/aromatic N) is 2. The number of alkyl halides is 3. The second-order valence-corrected chi connectivity index (χ2v) is 5.45. The second-order valence-electron chi connectivity index (χ2n) is 5.45. The van der Waals surface area contributed by atoms with Crippen molar-refractivity contribution >= 4 is 0 Å².